The van der Waals surface area contributed by atoms with Crippen LogP contribution in [0.1, 0.15) is 23.1 Å². The smallest absolute Gasteiger partial charge is 0.242 e. The molecule has 1 fully saturated rings. The average Bonchev–Trinajstić information content (AvgIpc) is 3.13. The van der Waals surface area contributed by atoms with E-state index in [1.54, 1.807) is 4.90 Å². The van der Waals surface area contributed by atoms with E-state index in [4.69, 9.17) is 4.99 Å². The lowest BCUT2D eigenvalue weighted by Crippen LogP contribution is -2.33. The summed E-state index contributed by atoms with van der Waals surface area (Å²) in [5.41, 5.74) is 4.80. The summed E-state index contributed by atoms with van der Waals surface area (Å²) in [5, 5.41) is 5.13. The van der Waals surface area contributed by atoms with Gasteiger partial charge in [-0.2, -0.15) is 0 Å². The Bertz CT molecular complexity index is 1440. The van der Waals surface area contributed by atoms with Gasteiger partial charge in [0.1, 0.15) is 5.25 Å². The summed E-state index contributed by atoms with van der Waals surface area (Å²) >= 11 is 1.36. The van der Waals surface area contributed by atoms with Gasteiger partial charge in [0.05, 0.1) is 12.2 Å². The van der Waals surface area contributed by atoms with E-state index >= 15 is 0 Å². The molecule has 5 rings (SSSR count). The van der Waals surface area contributed by atoms with Crippen molar-refractivity contribution in [3.05, 3.63) is 108 Å². The summed E-state index contributed by atoms with van der Waals surface area (Å²) in [6.45, 7) is 4.48. The van der Waals surface area contributed by atoms with Gasteiger partial charge < -0.3 is 5.32 Å². The maximum absolute atomic E-state index is 13.5. The predicted molar refractivity (Wildman–Crippen MR) is 149 cm³/mol. The Hall–Kier alpha value is -3.90. The zero-order valence-electron chi connectivity index (χ0n) is 20.3. The SMILES string of the molecule is Cc1cc(C)cc(N=C2SC(CC(=O)Nc3cccc4ccccc34)C(=O)N2Cc2ccccc2)c1. The number of hydrogen-bond donors (Lipinski definition) is 1. The van der Waals surface area contributed by atoms with Crippen molar-refractivity contribution in [1.82, 2.24) is 4.90 Å². The number of carbonyl (C=O) groups is 2. The van der Waals surface area contributed by atoms with E-state index in [1.807, 2.05) is 98.8 Å². The second kappa shape index (κ2) is 10.4. The molecule has 2 amide bonds. The number of hydrogen-bond acceptors (Lipinski definition) is 4. The van der Waals surface area contributed by atoms with Gasteiger partial charge in [-0.3, -0.25) is 14.5 Å². The standard InChI is InChI=1S/C30H27N3O2S/c1-20-15-21(2)17-24(16-20)31-30-33(19-22-9-4-3-5-10-22)29(35)27(36-30)18-28(34)32-26-14-8-12-23-11-6-7-13-25(23)26/h3-17,27H,18-19H2,1-2H3,(H,32,34). The highest BCUT2D eigenvalue weighted by Crippen LogP contribution is 2.34. The lowest BCUT2D eigenvalue weighted by Gasteiger charge is -2.17. The molecule has 0 aliphatic carbocycles. The second-order valence-corrected chi connectivity index (χ2v) is 10.2. The Morgan fingerprint density at radius 3 is 2.39 bits per heavy atom. The molecule has 180 valence electrons. The topological polar surface area (TPSA) is 61.8 Å². The highest BCUT2D eigenvalue weighted by atomic mass is 32.2. The molecule has 0 bridgehead atoms. The summed E-state index contributed by atoms with van der Waals surface area (Å²) in [6.07, 6.45) is 0.0733. The Labute approximate surface area is 215 Å². The molecule has 1 aliphatic rings. The molecule has 1 atom stereocenters. The first-order valence-electron chi connectivity index (χ1n) is 11.9. The summed E-state index contributed by atoms with van der Waals surface area (Å²) in [6, 6.07) is 29.7. The van der Waals surface area contributed by atoms with Crippen LogP contribution in [0.5, 0.6) is 0 Å². The van der Waals surface area contributed by atoms with Crippen LogP contribution in [-0.2, 0) is 16.1 Å². The molecule has 0 radical (unpaired) electrons. The van der Waals surface area contributed by atoms with Gasteiger partial charge in [0, 0.05) is 17.5 Å². The molecule has 1 aliphatic heterocycles. The number of thioether (sulfide) groups is 1. The van der Waals surface area contributed by atoms with Crippen molar-refractivity contribution < 1.29 is 9.59 Å². The van der Waals surface area contributed by atoms with E-state index in [-0.39, 0.29) is 18.2 Å². The maximum Gasteiger partial charge on any atom is 0.242 e. The molecule has 1 N–H and O–H groups in total. The molecule has 4 aromatic carbocycles. The van der Waals surface area contributed by atoms with Crippen molar-refractivity contribution in [1.29, 1.82) is 0 Å². The van der Waals surface area contributed by atoms with Crippen LogP contribution in [0.2, 0.25) is 0 Å². The van der Waals surface area contributed by atoms with Gasteiger partial charge in [0.25, 0.3) is 0 Å². The van der Waals surface area contributed by atoms with Gasteiger partial charge in [0.2, 0.25) is 11.8 Å². The van der Waals surface area contributed by atoms with Crippen LogP contribution < -0.4 is 5.32 Å². The Balaban J connectivity index is 1.39. The van der Waals surface area contributed by atoms with E-state index in [0.29, 0.717) is 11.7 Å². The number of carbonyl (C=O) groups excluding carboxylic acids is 2. The molecular weight excluding hydrogens is 466 g/mol. The number of rotatable bonds is 6. The van der Waals surface area contributed by atoms with Gasteiger partial charge >= 0.3 is 0 Å². The third-order valence-electron chi connectivity index (χ3n) is 6.07. The molecule has 5 nitrogen and oxygen atoms in total. The summed E-state index contributed by atoms with van der Waals surface area (Å²) in [7, 11) is 0. The fourth-order valence-electron chi connectivity index (χ4n) is 4.47. The number of anilines is 1. The minimum atomic E-state index is -0.534. The molecule has 0 spiro atoms. The highest BCUT2D eigenvalue weighted by molar-refractivity contribution is 8.15. The molecule has 1 heterocycles. The highest BCUT2D eigenvalue weighted by Gasteiger charge is 2.39. The summed E-state index contributed by atoms with van der Waals surface area (Å²) < 4.78 is 0. The van der Waals surface area contributed by atoms with Crippen molar-refractivity contribution in [3.8, 4) is 0 Å². The van der Waals surface area contributed by atoms with Gasteiger partial charge in [-0.1, -0.05) is 84.6 Å². The first-order valence-corrected chi connectivity index (χ1v) is 12.8. The van der Waals surface area contributed by atoms with Gasteiger partial charge in [-0.25, -0.2) is 4.99 Å². The van der Waals surface area contributed by atoms with Crippen LogP contribution in [0, 0.1) is 13.8 Å². The third kappa shape index (κ3) is 5.34. The summed E-state index contributed by atoms with van der Waals surface area (Å²) in [5.74, 6) is -0.287. The lowest BCUT2D eigenvalue weighted by atomic mass is 10.1. The minimum Gasteiger partial charge on any atom is -0.325 e. The van der Waals surface area contributed by atoms with Crippen molar-refractivity contribution in [3.63, 3.8) is 0 Å². The zero-order chi connectivity index (χ0) is 25.1. The number of amidine groups is 1. The number of nitrogens with one attached hydrogen (secondary N) is 1. The predicted octanol–water partition coefficient (Wildman–Crippen LogP) is 6.62. The first kappa shape index (κ1) is 23.8. The molecule has 36 heavy (non-hydrogen) atoms. The number of aliphatic imine (C=N–C) groups is 1. The van der Waals surface area contributed by atoms with Crippen molar-refractivity contribution >= 4 is 50.9 Å². The second-order valence-electron chi connectivity index (χ2n) is 9.04. The zero-order valence-corrected chi connectivity index (χ0v) is 21.1. The molecule has 1 unspecified atom stereocenters. The number of fused-ring (bicyclic) bond motifs is 1. The van der Waals surface area contributed by atoms with E-state index in [1.165, 1.54) is 11.8 Å². The Morgan fingerprint density at radius 1 is 0.917 bits per heavy atom. The molecule has 6 heteroatoms. The third-order valence-corrected chi connectivity index (χ3v) is 7.24. The quantitative estimate of drug-likeness (QED) is 0.328. The number of amides is 2. The van der Waals surface area contributed by atoms with Crippen LogP contribution in [0.25, 0.3) is 10.8 Å². The fraction of sp³-hybridized carbons (Fsp3) is 0.167. The molecule has 0 aromatic heterocycles. The van der Waals surface area contributed by atoms with Crippen LogP contribution in [0.15, 0.2) is 96.0 Å². The monoisotopic (exact) mass is 493 g/mol. The molecule has 0 saturated carbocycles. The van der Waals surface area contributed by atoms with Gasteiger partial charge in [0.15, 0.2) is 5.17 Å². The number of nitrogens with zero attached hydrogens (tertiary/aromatic N) is 2. The molecule has 1 saturated heterocycles. The van der Waals surface area contributed by atoms with Gasteiger partial charge in [-0.05, 0) is 54.1 Å². The first-order chi connectivity index (χ1) is 17.5. The van der Waals surface area contributed by atoms with Crippen LogP contribution in [0.4, 0.5) is 11.4 Å². The minimum absolute atomic E-state index is 0.0733. The van der Waals surface area contributed by atoms with E-state index in [9.17, 15) is 9.59 Å². The summed E-state index contributed by atoms with van der Waals surface area (Å²) in [4.78, 5) is 33.1. The normalized spacial score (nSPS) is 16.6. The average molecular weight is 494 g/mol. The van der Waals surface area contributed by atoms with Gasteiger partial charge in [-0.15, -0.1) is 0 Å². The lowest BCUT2D eigenvalue weighted by molar-refractivity contribution is -0.128. The Kier molecular flexibility index (Phi) is 6.87. The maximum atomic E-state index is 13.5. The largest absolute Gasteiger partial charge is 0.325 e. The van der Waals surface area contributed by atoms with E-state index < -0.39 is 5.25 Å². The Morgan fingerprint density at radius 2 is 1.61 bits per heavy atom. The fourth-order valence-corrected chi connectivity index (χ4v) is 5.62. The van der Waals surface area contributed by atoms with E-state index in [2.05, 4.69) is 11.4 Å². The van der Waals surface area contributed by atoms with E-state index in [0.717, 1.165) is 38.8 Å². The van der Waals surface area contributed by atoms with Crippen molar-refractivity contribution in [2.24, 2.45) is 4.99 Å². The molecule has 4 aromatic rings. The molecular formula is C30H27N3O2S. The van der Waals surface area contributed by atoms with Crippen LogP contribution in [0.3, 0.4) is 0 Å². The van der Waals surface area contributed by atoms with Crippen LogP contribution in [-0.4, -0.2) is 27.1 Å². The van der Waals surface area contributed by atoms with Crippen molar-refractivity contribution in [2.45, 2.75) is 32.1 Å². The van der Waals surface area contributed by atoms with Crippen molar-refractivity contribution in [2.75, 3.05) is 5.32 Å². The number of benzene rings is 4. The van der Waals surface area contributed by atoms with Crippen LogP contribution >= 0.6 is 11.8 Å². The number of aryl methyl sites for hydroxylation is 2.